The maximum Gasteiger partial charge on any atom is 0.315 e. The molecule has 0 bridgehead atoms. The predicted octanol–water partition coefficient (Wildman–Crippen LogP) is 3.07. The molecular formula is C19H18O4. The fourth-order valence-corrected chi connectivity index (χ4v) is 1.92. The summed E-state index contributed by atoms with van der Waals surface area (Å²) in [7, 11) is 0. The summed E-state index contributed by atoms with van der Waals surface area (Å²) in [6.07, 6.45) is 3.17. The molecule has 0 saturated carbocycles. The molecule has 23 heavy (non-hydrogen) atoms. The molecule has 0 N–H and O–H groups in total. The van der Waals surface area contributed by atoms with Gasteiger partial charge in [-0.25, -0.2) is 0 Å². The zero-order valence-corrected chi connectivity index (χ0v) is 12.7. The van der Waals surface area contributed by atoms with E-state index in [1.54, 1.807) is 0 Å². The Bertz CT molecular complexity index is 648. The maximum absolute atomic E-state index is 11.6. The van der Waals surface area contributed by atoms with Crippen LogP contribution in [0.4, 0.5) is 0 Å². The van der Waals surface area contributed by atoms with E-state index in [1.807, 2.05) is 60.7 Å². The minimum atomic E-state index is -0.358. The van der Waals surface area contributed by atoms with Crippen LogP contribution in [-0.4, -0.2) is 18.5 Å². The number of rotatable bonds is 7. The van der Waals surface area contributed by atoms with Gasteiger partial charge in [0.1, 0.15) is 6.61 Å². The Labute approximate surface area is 135 Å². The van der Waals surface area contributed by atoms with Crippen LogP contribution < -0.4 is 0 Å². The lowest BCUT2D eigenvalue weighted by Gasteiger charge is -2.02. The normalized spacial score (nSPS) is 10.4. The largest absolute Gasteiger partial charge is 0.461 e. The molecule has 0 saturated heterocycles. The van der Waals surface area contributed by atoms with E-state index >= 15 is 0 Å². The van der Waals surface area contributed by atoms with Gasteiger partial charge in [-0.15, -0.1) is 0 Å². The SMILES string of the molecule is O=C(Cc1ccccc1)O/C=C\COC(=O)Cc1ccccc1. The number of ether oxygens (including phenoxy) is 2. The standard InChI is InChI=1S/C19H18O4/c20-18(14-16-8-3-1-4-9-16)22-12-7-13-23-19(21)15-17-10-5-2-6-11-17/h1-12H,13-15H2/b12-7-. The summed E-state index contributed by atoms with van der Waals surface area (Å²) in [5.41, 5.74) is 1.79. The van der Waals surface area contributed by atoms with E-state index in [9.17, 15) is 9.59 Å². The number of hydrogen-bond acceptors (Lipinski definition) is 4. The molecule has 2 aromatic carbocycles. The monoisotopic (exact) mass is 310 g/mol. The van der Waals surface area contributed by atoms with Crippen molar-refractivity contribution in [2.45, 2.75) is 12.8 Å². The van der Waals surface area contributed by atoms with E-state index in [4.69, 9.17) is 9.47 Å². The smallest absolute Gasteiger partial charge is 0.315 e. The Morgan fingerprint density at radius 1 is 0.783 bits per heavy atom. The quantitative estimate of drug-likeness (QED) is 0.582. The first-order valence-corrected chi connectivity index (χ1v) is 7.32. The molecule has 0 unspecified atom stereocenters. The highest BCUT2D eigenvalue weighted by Gasteiger charge is 2.04. The van der Waals surface area contributed by atoms with Gasteiger partial charge in [0.05, 0.1) is 19.1 Å². The van der Waals surface area contributed by atoms with Crippen molar-refractivity contribution < 1.29 is 19.1 Å². The van der Waals surface area contributed by atoms with E-state index < -0.39 is 0 Å². The lowest BCUT2D eigenvalue weighted by molar-refractivity contribution is -0.141. The molecule has 0 aromatic heterocycles. The Morgan fingerprint density at radius 3 is 1.87 bits per heavy atom. The van der Waals surface area contributed by atoms with Crippen molar-refractivity contribution in [3.8, 4) is 0 Å². The van der Waals surface area contributed by atoms with Gasteiger partial charge in [0.15, 0.2) is 0 Å². The Hall–Kier alpha value is -2.88. The summed E-state index contributed by atoms with van der Waals surface area (Å²) < 4.78 is 9.96. The third-order valence-electron chi connectivity index (χ3n) is 3.02. The van der Waals surface area contributed by atoms with Gasteiger partial charge in [-0.3, -0.25) is 9.59 Å². The molecular weight excluding hydrogens is 292 g/mol. The molecule has 0 radical (unpaired) electrons. The predicted molar refractivity (Wildman–Crippen MR) is 86.5 cm³/mol. The van der Waals surface area contributed by atoms with Gasteiger partial charge in [-0.1, -0.05) is 60.7 Å². The van der Waals surface area contributed by atoms with Crippen molar-refractivity contribution in [3.05, 3.63) is 84.1 Å². The van der Waals surface area contributed by atoms with Crippen LogP contribution in [0.1, 0.15) is 11.1 Å². The molecule has 4 heteroatoms. The number of hydrogen-bond donors (Lipinski definition) is 0. The zero-order chi connectivity index (χ0) is 16.3. The highest BCUT2D eigenvalue weighted by molar-refractivity contribution is 5.73. The van der Waals surface area contributed by atoms with Crippen molar-refractivity contribution in [1.29, 1.82) is 0 Å². The zero-order valence-electron chi connectivity index (χ0n) is 12.7. The van der Waals surface area contributed by atoms with Gasteiger partial charge in [0.2, 0.25) is 0 Å². The van der Waals surface area contributed by atoms with Crippen molar-refractivity contribution in [2.75, 3.05) is 6.61 Å². The van der Waals surface area contributed by atoms with Gasteiger partial charge < -0.3 is 9.47 Å². The van der Waals surface area contributed by atoms with E-state index in [2.05, 4.69) is 0 Å². The van der Waals surface area contributed by atoms with Gasteiger partial charge >= 0.3 is 11.9 Å². The van der Waals surface area contributed by atoms with Crippen molar-refractivity contribution in [2.24, 2.45) is 0 Å². The minimum absolute atomic E-state index is 0.0737. The van der Waals surface area contributed by atoms with Crippen molar-refractivity contribution in [1.82, 2.24) is 0 Å². The molecule has 0 spiro atoms. The first-order chi connectivity index (χ1) is 11.2. The highest BCUT2D eigenvalue weighted by atomic mass is 16.5. The molecule has 2 aromatic rings. The Balaban J connectivity index is 1.63. The molecule has 0 fully saturated rings. The van der Waals surface area contributed by atoms with Gasteiger partial charge in [0, 0.05) is 0 Å². The lowest BCUT2D eigenvalue weighted by Crippen LogP contribution is -2.08. The molecule has 4 nitrogen and oxygen atoms in total. The molecule has 0 heterocycles. The number of esters is 2. The van der Waals surface area contributed by atoms with Crippen LogP contribution in [0.2, 0.25) is 0 Å². The number of carbonyl (C=O) groups excluding carboxylic acids is 2. The van der Waals surface area contributed by atoms with Crippen LogP contribution in [0.5, 0.6) is 0 Å². The topological polar surface area (TPSA) is 52.6 Å². The second kappa shape index (κ2) is 9.20. The molecule has 0 aliphatic carbocycles. The van der Waals surface area contributed by atoms with Crippen molar-refractivity contribution >= 4 is 11.9 Å². The molecule has 0 aliphatic rings. The van der Waals surface area contributed by atoms with Crippen LogP contribution in [0.25, 0.3) is 0 Å². The summed E-state index contributed by atoms with van der Waals surface area (Å²) in [6.45, 7) is 0.0737. The third kappa shape index (κ3) is 6.61. The Kier molecular flexibility index (Phi) is 6.60. The van der Waals surface area contributed by atoms with Gasteiger partial charge in [0.25, 0.3) is 0 Å². The average Bonchev–Trinajstić information content (AvgIpc) is 2.56. The lowest BCUT2D eigenvalue weighted by atomic mass is 10.2. The molecule has 2 rings (SSSR count). The second-order valence-corrected chi connectivity index (χ2v) is 4.87. The second-order valence-electron chi connectivity index (χ2n) is 4.87. The fourth-order valence-electron chi connectivity index (χ4n) is 1.92. The van der Waals surface area contributed by atoms with Gasteiger partial charge in [-0.05, 0) is 17.2 Å². The summed E-state index contributed by atoms with van der Waals surface area (Å²) in [4.78, 5) is 23.2. The van der Waals surface area contributed by atoms with Crippen LogP contribution in [0.3, 0.4) is 0 Å². The van der Waals surface area contributed by atoms with Crippen LogP contribution in [-0.2, 0) is 31.9 Å². The first-order valence-electron chi connectivity index (χ1n) is 7.32. The van der Waals surface area contributed by atoms with Gasteiger partial charge in [-0.2, -0.15) is 0 Å². The first kappa shape index (κ1) is 16.5. The summed E-state index contributed by atoms with van der Waals surface area (Å²) >= 11 is 0. The summed E-state index contributed by atoms with van der Waals surface area (Å²) in [6, 6.07) is 18.7. The number of carbonyl (C=O) groups is 2. The van der Waals surface area contributed by atoms with Crippen molar-refractivity contribution in [3.63, 3.8) is 0 Å². The van der Waals surface area contributed by atoms with E-state index in [0.717, 1.165) is 11.1 Å². The van der Waals surface area contributed by atoms with E-state index in [-0.39, 0.29) is 31.4 Å². The number of benzene rings is 2. The molecule has 0 aliphatic heterocycles. The highest BCUT2D eigenvalue weighted by Crippen LogP contribution is 2.02. The average molecular weight is 310 g/mol. The molecule has 118 valence electrons. The van der Waals surface area contributed by atoms with E-state index in [0.29, 0.717) is 0 Å². The fraction of sp³-hybridized carbons (Fsp3) is 0.158. The van der Waals surface area contributed by atoms with Crippen LogP contribution in [0, 0.1) is 0 Å². The van der Waals surface area contributed by atoms with Crippen LogP contribution >= 0.6 is 0 Å². The third-order valence-corrected chi connectivity index (χ3v) is 3.02. The summed E-state index contributed by atoms with van der Waals surface area (Å²) in [5.74, 6) is -0.681. The summed E-state index contributed by atoms with van der Waals surface area (Å²) in [5, 5.41) is 0. The van der Waals surface area contributed by atoms with Crippen LogP contribution in [0.15, 0.2) is 73.0 Å². The Morgan fingerprint density at radius 2 is 1.30 bits per heavy atom. The molecule has 0 atom stereocenters. The minimum Gasteiger partial charge on any atom is -0.461 e. The maximum atomic E-state index is 11.6. The molecule has 0 amide bonds. The van der Waals surface area contributed by atoms with E-state index in [1.165, 1.54) is 12.3 Å².